The molecule has 0 aliphatic carbocycles. The lowest BCUT2D eigenvalue weighted by molar-refractivity contribution is -0.131. The molecule has 0 spiro atoms. The molecule has 2 heterocycles. The van der Waals surface area contributed by atoms with E-state index in [4.69, 9.17) is 4.74 Å². The van der Waals surface area contributed by atoms with Gasteiger partial charge in [0, 0.05) is 31.8 Å². The van der Waals surface area contributed by atoms with Gasteiger partial charge in [0.1, 0.15) is 0 Å². The predicted molar refractivity (Wildman–Crippen MR) is 70.5 cm³/mol. The van der Waals surface area contributed by atoms with Gasteiger partial charge < -0.3 is 15.0 Å². The third-order valence-electron chi connectivity index (χ3n) is 4.20. The fourth-order valence-electron chi connectivity index (χ4n) is 2.93. The summed E-state index contributed by atoms with van der Waals surface area (Å²) in [5.74, 6) is 0.225. The monoisotopic (exact) mass is 255 g/mol. The molecule has 2 rings (SSSR count). The summed E-state index contributed by atoms with van der Waals surface area (Å²) >= 11 is 0. The first kappa shape index (κ1) is 13.8. The van der Waals surface area contributed by atoms with Crippen LogP contribution in [0.4, 0.5) is 0 Å². The summed E-state index contributed by atoms with van der Waals surface area (Å²) in [7, 11) is 4.02. The van der Waals surface area contributed by atoms with Crippen molar-refractivity contribution in [1.82, 2.24) is 15.1 Å². The molecular formula is C13H25N3O2. The van der Waals surface area contributed by atoms with E-state index in [0.29, 0.717) is 18.6 Å². The van der Waals surface area contributed by atoms with Crippen molar-refractivity contribution in [2.45, 2.75) is 31.3 Å². The minimum Gasteiger partial charge on any atom is -0.380 e. The van der Waals surface area contributed by atoms with Crippen LogP contribution in [0.5, 0.6) is 0 Å². The number of nitrogens with zero attached hydrogens (tertiary/aromatic N) is 2. The molecule has 0 aromatic heterocycles. The molecule has 0 bridgehead atoms. The molecule has 2 aliphatic rings. The topological polar surface area (TPSA) is 44.8 Å². The van der Waals surface area contributed by atoms with Crippen LogP contribution < -0.4 is 5.32 Å². The van der Waals surface area contributed by atoms with Gasteiger partial charge in [0.2, 0.25) is 5.91 Å². The van der Waals surface area contributed by atoms with E-state index in [1.165, 1.54) is 0 Å². The lowest BCUT2D eigenvalue weighted by Crippen LogP contribution is -2.50. The number of likely N-dealkylation sites (tertiary alicyclic amines) is 1. The molecule has 2 aliphatic heterocycles. The lowest BCUT2D eigenvalue weighted by atomic mass is 10.0. The number of ether oxygens (including phenoxy) is 1. The molecule has 1 amide bonds. The number of amides is 1. The molecule has 1 atom stereocenters. The Morgan fingerprint density at radius 1 is 1.33 bits per heavy atom. The highest BCUT2D eigenvalue weighted by molar-refractivity contribution is 5.78. The summed E-state index contributed by atoms with van der Waals surface area (Å²) in [5.41, 5.74) is 0. The standard InChI is InChI=1S/C13H25N3O2/c1-14-9-13(17)16-6-3-11(4-7-16)15(2)12-5-8-18-10-12/h11-12,14H,3-10H2,1-2H3. The van der Waals surface area contributed by atoms with Crippen LogP contribution in [-0.4, -0.2) is 74.7 Å². The van der Waals surface area contributed by atoms with E-state index >= 15 is 0 Å². The van der Waals surface area contributed by atoms with Crippen LogP contribution in [0.1, 0.15) is 19.3 Å². The van der Waals surface area contributed by atoms with E-state index in [2.05, 4.69) is 17.3 Å². The van der Waals surface area contributed by atoms with Crippen LogP contribution in [0.25, 0.3) is 0 Å². The van der Waals surface area contributed by atoms with E-state index in [1.54, 1.807) is 0 Å². The van der Waals surface area contributed by atoms with Gasteiger partial charge in [-0.1, -0.05) is 0 Å². The Morgan fingerprint density at radius 2 is 2.06 bits per heavy atom. The fraction of sp³-hybridized carbons (Fsp3) is 0.923. The second-order valence-corrected chi connectivity index (χ2v) is 5.33. The quantitative estimate of drug-likeness (QED) is 0.763. The minimum atomic E-state index is 0.225. The highest BCUT2D eigenvalue weighted by Crippen LogP contribution is 2.21. The van der Waals surface area contributed by atoms with Gasteiger partial charge in [-0.3, -0.25) is 9.69 Å². The van der Waals surface area contributed by atoms with E-state index in [9.17, 15) is 4.79 Å². The Morgan fingerprint density at radius 3 is 2.61 bits per heavy atom. The Bertz CT molecular complexity index is 271. The average Bonchev–Trinajstić information content (AvgIpc) is 2.92. The van der Waals surface area contributed by atoms with Gasteiger partial charge in [-0.2, -0.15) is 0 Å². The third-order valence-corrected chi connectivity index (χ3v) is 4.20. The molecule has 104 valence electrons. The Kier molecular flexibility index (Phi) is 4.97. The van der Waals surface area contributed by atoms with Crippen LogP contribution >= 0.6 is 0 Å². The molecule has 0 saturated carbocycles. The fourth-order valence-corrected chi connectivity index (χ4v) is 2.93. The summed E-state index contributed by atoms with van der Waals surface area (Å²) < 4.78 is 5.45. The number of hydrogen-bond acceptors (Lipinski definition) is 4. The number of likely N-dealkylation sites (N-methyl/N-ethyl adjacent to an activating group) is 2. The molecule has 1 unspecified atom stereocenters. The average molecular weight is 255 g/mol. The van der Waals surface area contributed by atoms with E-state index in [1.807, 2.05) is 11.9 Å². The van der Waals surface area contributed by atoms with E-state index in [0.717, 1.165) is 45.6 Å². The highest BCUT2D eigenvalue weighted by Gasteiger charge is 2.30. The molecular weight excluding hydrogens is 230 g/mol. The summed E-state index contributed by atoms with van der Waals surface area (Å²) in [6.07, 6.45) is 3.32. The first-order valence-corrected chi connectivity index (χ1v) is 6.94. The van der Waals surface area contributed by atoms with Gasteiger partial charge in [0.15, 0.2) is 0 Å². The van der Waals surface area contributed by atoms with Crippen molar-refractivity contribution in [3.05, 3.63) is 0 Å². The molecule has 0 radical (unpaired) electrons. The maximum atomic E-state index is 11.8. The Balaban J connectivity index is 1.77. The van der Waals surface area contributed by atoms with Gasteiger partial charge >= 0.3 is 0 Å². The van der Waals surface area contributed by atoms with Crippen molar-refractivity contribution in [2.75, 3.05) is 46.9 Å². The second-order valence-electron chi connectivity index (χ2n) is 5.33. The predicted octanol–water partition coefficient (Wildman–Crippen LogP) is -0.0825. The maximum Gasteiger partial charge on any atom is 0.236 e. The second kappa shape index (κ2) is 6.50. The molecule has 18 heavy (non-hydrogen) atoms. The molecule has 0 aromatic carbocycles. The summed E-state index contributed by atoms with van der Waals surface area (Å²) in [6.45, 7) is 4.01. The van der Waals surface area contributed by atoms with Crippen LogP contribution in [-0.2, 0) is 9.53 Å². The van der Waals surface area contributed by atoms with Gasteiger partial charge in [-0.15, -0.1) is 0 Å². The zero-order valence-electron chi connectivity index (χ0n) is 11.5. The van der Waals surface area contributed by atoms with Crippen LogP contribution in [0.15, 0.2) is 0 Å². The van der Waals surface area contributed by atoms with Crippen LogP contribution in [0, 0.1) is 0 Å². The number of hydrogen-bond donors (Lipinski definition) is 1. The molecule has 0 aromatic rings. The van der Waals surface area contributed by atoms with E-state index in [-0.39, 0.29) is 5.91 Å². The highest BCUT2D eigenvalue weighted by atomic mass is 16.5. The number of carbonyl (C=O) groups excluding carboxylic acids is 1. The summed E-state index contributed by atoms with van der Waals surface area (Å²) in [6, 6.07) is 1.19. The van der Waals surface area contributed by atoms with Crippen molar-refractivity contribution in [1.29, 1.82) is 0 Å². The first-order chi connectivity index (χ1) is 8.72. The van der Waals surface area contributed by atoms with Gasteiger partial charge in [0.25, 0.3) is 0 Å². The van der Waals surface area contributed by atoms with Crippen molar-refractivity contribution in [3.63, 3.8) is 0 Å². The molecule has 2 saturated heterocycles. The van der Waals surface area contributed by atoms with Crippen molar-refractivity contribution < 1.29 is 9.53 Å². The number of rotatable bonds is 4. The van der Waals surface area contributed by atoms with Gasteiger partial charge in [0.05, 0.1) is 13.2 Å². The SMILES string of the molecule is CNCC(=O)N1CCC(N(C)C2CCOC2)CC1. The van der Waals surface area contributed by atoms with Crippen LogP contribution in [0.2, 0.25) is 0 Å². The zero-order chi connectivity index (χ0) is 13.0. The Hall–Kier alpha value is -0.650. The lowest BCUT2D eigenvalue weighted by Gasteiger charge is -2.39. The van der Waals surface area contributed by atoms with Crippen molar-refractivity contribution in [3.8, 4) is 0 Å². The van der Waals surface area contributed by atoms with E-state index < -0.39 is 0 Å². The smallest absolute Gasteiger partial charge is 0.236 e. The molecule has 5 heteroatoms. The van der Waals surface area contributed by atoms with Crippen molar-refractivity contribution in [2.24, 2.45) is 0 Å². The number of carbonyl (C=O) groups is 1. The number of nitrogens with one attached hydrogen (secondary N) is 1. The Labute approximate surface area is 109 Å². The van der Waals surface area contributed by atoms with Crippen molar-refractivity contribution >= 4 is 5.91 Å². The van der Waals surface area contributed by atoms with Gasteiger partial charge in [-0.25, -0.2) is 0 Å². The summed E-state index contributed by atoms with van der Waals surface area (Å²) in [4.78, 5) is 16.2. The van der Waals surface area contributed by atoms with Crippen LogP contribution in [0.3, 0.4) is 0 Å². The molecule has 5 nitrogen and oxygen atoms in total. The molecule has 2 fully saturated rings. The maximum absolute atomic E-state index is 11.8. The minimum absolute atomic E-state index is 0.225. The first-order valence-electron chi connectivity index (χ1n) is 6.94. The summed E-state index contributed by atoms with van der Waals surface area (Å²) in [5, 5.41) is 2.93. The normalized spacial score (nSPS) is 25.9. The molecule has 1 N–H and O–H groups in total. The zero-order valence-corrected chi connectivity index (χ0v) is 11.5. The van der Waals surface area contributed by atoms with Gasteiger partial charge in [-0.05, 0) is 33.4 Å². The largest absolute Gasteiger partial charge is 0.380 e. The third kappa shape index (κ3) is 3.22. The number of piperidine rings is 1.